The van der Waals surface area contributed by atoms with Gasteiger partial charge in [-0.05, 0) is 24.6 Å². The van der Waals surface area contributed by atoms with Crippen LogP contribution in [0.25, 0.3) is 0 Å². The van der Waals surface area contributed by atoms with Crippen LogP contribution in [-0.4, -0.2) is 0 Å². The maximum atomic E-state index is 12.1. The summed E-state index contributed by atoms with van der Waals surface area (Å²) in [5.74, 6) is 0. The molecule has 0 aliphatic heterocycles. The molecule has 1 aromatic rings. The van der Waals surface area contributed by atoms with Gasteiger partial charge in [-0.2, -0.15) is 0 Å². The first-order valence-corrected chi connectivity index (χ1v) is 3.80. The average molecular weight is 220 g/mol. The Morgan fingerprint density at radius 1 is 1.36 bits per heavy atom. The summed E-state index contributed by atoms with van der Waals surface area (Å²) in [4.78, 5) is 0. The van der Waals surface area contributed by atoms with Crippen molar-refractivity contribution in [1.29, 1.82) is 0 Å². The second-order valence-corrected chi connectivity index (χ2v) is 3.06. The lowest BCUT2D eigenvalue weighted by atomic mass is 10.1. The van der Waals surface area contributed by atoms with Crippen LogP contribution in [-0.2, 0) is 0 Å². The molecule has 11 heavy (non-hydrogen) atoms. The molecule has 0 saturated heterocycles. The van der Waals surface area contributed by atoms with Gasteiger partial charge in [-0.3, -0.25) is 0 Å². The number of hydrogen-bond donors (Lipinski definition) is 0. The van der Waals surface area contributed by atoms with E-state index in [9.17, 15) is 8.78 Å². The zero-order valence-electron chi connectivity index (χ0n) is 5.65. The van der Waals surface area contributed by atoms with Crippen LogP contribution in [0.2, 0.25) is 0 Å². The van der Waals surface area contributed by atoms with Gasteiger partial charge in [0.05, 0.1) is 0 Å². The van der Waals surface area contributed by atoms with Crippen LogP contribution >= 0.6 is 15.9 Å². The van der Waals surface area contributed by atoms with Gasteiger partial charge in [0.1, 0.15) is 0 Å². The van der Waals surface area contributed by atoms with Gasteiger partial charge in [0, 0.05) is 10.0 Å². The summed E-state index contributed by atoms with van der Waals surface area (Å²) >= 11 is 3.10. The van der Waals surface area contributed by atoms with E-state index >= 15 is 0 Å². The predicted octanol–water partition coefficient (Wildman–Crippen LogP) is 3.57. The van der Waals surface area contributed by atoms with Crippen molar-refractivity contribution < 1.29 is 8.78 Å². The van der Waals surface area contributed by atoms with Gasteiger partial charge in [0.15, 0.2) is 0 Å². The Kier molecular flexibility index (Phi) is 2.60. The molecule has 0 N–H and O–H groups in total. The summed E-state index contributed by atoms with van der Waals surface area (Å²) in [6.07, 6.45) is -2.44. The molecule has 3 heteroatoms. The summed E-state index contributed by atoms with van der Waals surface area (Å²) in [5.41, 5.74) is 0.363. The normalized spacial score (nSPS) is 10.6. The lowest BCUT2D eigenvalue weighted by molar-refractivity contribution is 0.151. The number of alkyl halides is 2. The minimum Gasteiger partial charge on any atom is -0.205 e. The van der Waals surface area contributed by atoms with Crippen molar-refractivity contribution in [3.63, 3.8) is 0 Å². The molecule has 0 atom stereocenters. The quantitative estimate of drug-likeness (QED) is 0.678. The molecule has 0 aromatic heterocycles. The van der Waals surface area contributed by atoms with Crippen LogP contribution < -0.4 is 0 Å². The topological polar surface area (TPSA) is 0 Å². The summed E-state index contributed by atoms with van der Waals surface area (Å²) < 4.78 is 24.9. The Bertz CT molecular complexity index is 258. The molecular formula is C8H6BrF2. The van der Waals surface area contributed by atoms with Crippen LogP contribution in [0.5, 0.6) is 0 Å². The first-order chi connectivity index (χ1) is 5.11. The molecule has 1 rings (SSSR count). The Morgan fingerprint density at radius 3 is 2.45 bits per heavy atom. The van der Waals surface area contributed by atoms with Crippen molar-refractivity contribution in [1.82, 2.24) is 0 Å². The molecule has 1 aromatic carbocycles. The first-order valence-electron chi connectivity index (χ1n) is 3.01. The fourth-order valence-corrected chi connectivity index (χ4v) is 1.15. The van der Waals surface area contributed by atoms with Crippen molar-refractivity contribution in [2.24, 2.45) is 0 Å². The third-order valence-corrected chi connectivity index (χ3v) is 1.84. The number of halogens is 3. The standard InChI is InChI=1S/C8H6BrF2/c1-5-2-3-6(9)4-7(5)8(10)11/h2-4,8H,1H2. The van der Waals surface area contributed by atoms with Crippen LogP contribution in [0, 0.1) is 6.92 Å². The number of hydrogen-bond acceptors (Lipinski definition) is 0. The average Bonchev–Trinajstić information content (AvgIpc) is 1.94. The van der Waals surface area contributed by atoms with Crippen molar-refractivity contribution in [2.45, 2.75) is 6.43 Å². The number of rotatable bonds is 1. The minimum atomic E-state index is -2.44. The molecule has 0 fully saturated rings. The van der Waals surface area contributed by atoms with E-state index < -0.39 is 6.43 Å². The summed E-state index contributed by atoms with van der Waals surface area (Å²) in [7, 11) is 0. The Labute approximate surface area is 72.4 Å². The molecule has 0 saturated carbocycles. The smallest absolute Gasteiger partial charge is 0.205 e. The van der Waals surface area contributed by atoms with E-state index in [1.807, 2.05) is 0 Å². The highest BCUT2D eigenvalue weighted by molar-refractivity contribution is 9.10. The Balaban J connectivity index is 3.13. The maximum absolute atomic E-state index is 12.1. The van der Waals surface area contributed by atoms with Gasteiger partial charge in [-0.15, -0.1) is 0 Å². The van der Waals surface area contributed by atoms with Gasteiger partial charge in [-0.1, -0.05) is 22.0 Å². The van der Waals surface area contributed by atoms with E-state index in [0.717, 1.165) is 0 Å². The van der Waals surface area contributed by atoms with Crippen LogP contribution in [0.4, 0.5) is 8.78 Å². The Hall–Kier alpha value is -0.440. The second-order valence-electron chi connectivity index (χ2n) is 2.14. The van der Waals surface area contributed by atoms with Crippen molar-refractivity contribution in [3.05, 3.63) is 40.7 Å². The number of benzene rings is 1. The summed E-state index contributed by atoms with van der Waals surface area (Å²) in [6, 6.07) is 4.63. The van der Waals surface area contributed by atoms with E-state index in [0.29, 0.717) is 10.0 Å². The van der Waals surface area contributed by atoms with E-state index in [2.05, 4.69) is 22.9 Å². The van der Waals surface area contributed by atoms with Gasteiger partial charge in [0.2, 0.25) is 0 Å². The lowest BCUT2D eigenvalue weighted by Crippen LogP contribution is -1.88. The lowest BCUT2D eigenvalue weighted by Gasteiger charge is -2.03. The SMILES string of the molecule is [CH2]c1ccc(Br)cc1C(F)F. The molecule has 0 spiro atoms. The molecular weight excluding hydrogens is 214 g/mol. The van der Waals surface area contributed by atoms with Gasteiger partial charge >= 0.3 is 0 Å². The zero-order valence-corrected chi connectivity index (χ0v) is 7.24. The molecule has 0 aliphatic carbocycles. The van der Waals surface area contributed by atoms with E-state index in [1.165, 1.54) is 6.07 Å². The highest BCUT2D eigenvalue weighted by Gasteiger charge is 2.09. The maximum Gasteiger partial charge on any atom is 0.264 e. The molecule has 0 bridgehead atoms. The highest BCUT2D eigenvalue weighted by atomic mass is 79.9. The minimum absolute atomic E-state index is 0.0145. The van der Waals surface area contributed by atoms with E-state index in [-0.39, 0.29) is 5.56 Å². The van der Waals surface area contributed by atoms with E-state index in [4.69, 9.17) is 0 Å². The summed E-state index contributed by atoms with van der Waals surface area (Å²) in [5, 5.41) is 0. The molecule has 0 nitrogen and oxygen atoms in total. The highest BCUT2D eigenvalue weighted by Crippen LogP contribution is 2.25. The van der Waals surface area contributed by atoms with Crippen molar-refractivity contribution >= 4 is 15.9 Å². The molecule has 0 amide bonds. The van der Waals surface area contributed by atoms with Gasteiger partial charge in [0.25, 0.3) is 6.43 Å². The largest absolute Gasteiger partial charge is 0.264 e. The molecule has 0 unspecified atom stereocenters. The van der Waals surface area contributed by atoms with Crippen molar-refractivity contribution in [2.75, 3.05) is 0 Å². The molecule has 59 valence electrons. The third kappa shape index (κ3) is 1.99. The molecule has 0 heterocycles. The zero-order chi connectivity index (χ0) is 8.43. The fraction of sp³-hybridized carbons (Fsp3) is 0.125. The third-order valence-electron chi connectivity index (χ3n) is 1.34. The monoisotopic (exact) mass is 219 g/mol. The van der Waals surface area contributed by atoms with Crippen LogP contribution in [0.3, 0.4) is 0 Å². The van der Waals surface area contributed by atoms with Gasteiger partial charge in [-0.25, -0.2) is 8.78 Å². The summed E-state index contributed by atoms with van der Waals surface area (Å²) in [6.45, 7) is 3.48. The first kappa shape index (κ1) is 8.65. The van der Waals surface area contributed by atoms with Crippen molar-refractivity contribution in [3.8, 4) is 0 Å². The molecule has 1 radical (unpaired) electrons. The van der Waals surface area contributed by atoms with Gasteiger partial charge < -0.3 is 0 Å². The van der Waals surface area contributed by atoms with Crippen LogP contribution in [0.1, 0.15) is 17.6 Å². The molecule has 0 aliphatic rings. The fourth-order valence-electron chi connectivity index (χ4n) is 0.769. The second kappa shape index (κ2) is 3.30. The van der Waals surface area contributed by atoms with Crippen LogP contribution in [0.15, 0.2) is 22.7 Å². The van der Waals surface area contributed by atoms with E-state index in [1.54, 1.807) is 12.1 Å². The predicted molar refractivity (Wildman–Crippen MR) is 43.6 cm³/mol. The Morgan fingerprint density at radius 2 is 2.00 bits per heavy atom.